The van der Waals surface area contributed by atoms with Crippen LogP contribution in [-0.2, 0) is 6.42 Å². The highest BCUT2D eigenvalue weighted by Crippen LogP contribution is 2.25. The fourth-order valence-corrected chi connectivity index (χ4v) is 2.00. The van der Waals surface area contributed by atoms with E-state index in [1.54, 1.807) is 5.38 Å². The molecule has 0 amide bonds. The van der Waals surface area contributed by atoms with Gasteiger partial charge in [0.1, 0.15) is 16.6 Å². The van der Waals surface area contributed by atoms with E-state index in [-0.39, 0.29) is 12.0 Å². The second-order valence-electron chi connectivity index (χ2n) is 3.09. The molecule has 0 N–H and O–H groups in total. The van der Waals surface area contributed by atoms with E-state index in [9.17, 15) is 8.78 Å². The van der Waals surface area contributed by atoms with Crippen molar-refractivity contribution in [2.75, 3.05) is 0 Å². The molecule has 0 atom stereocenters. The molecule has 0 aliphatic rings. The molecule has 1 aromatic carbocycles. The quantitative estimate of drug-likeness (QED) is 0.803. The molecular formula is C11H6F2N2S. The summed E-state index contributed by atoms with van der Waals surface area (Å²) in [7, 11) is 0. The highest BCUT2D eigenvalue weighted by atomic mass is 32.1. The fourth-order valence-electron chi connectivity index (χ4n) is 1.28. The minimum absolute atomic E-state index is 0.125. The Morgan fingerprint density at radius 1 is 1.38 bits per heavy atom. The van der Waals surface area contributed by atoms with Crippen LogP contribution in [-0.4, -0.2) is 4.98 Å². The van der Waals surface area contributed by atoms with Gasteiger partial charge in [-0.15, -0.1) is 11.3 Å². The molecule has 1 heterocycles. The van der Waals surface area contributed by atoms with Gasteiger partial charge in [0.15, 0.2) is 0 Å². The van der Waals surface area contributed by atoms with E-state index in [4.69, 9.17) is 5.26 Å². The summed E-state index contributed by atoms with van der Waals surface area (Å²) in [4.78, 5) is 4.06. The van der Waals surface area contributed by atoms with Crippen LogP contribution in [0.3, 0.4) is 0 Å². The van der Waals surface area contributed by atoms with E-state index < -0.39 is 11.6 Å². The summed E-state index contributed by atoms with van der Waals surface area (Å²) in [6.07, 6.45) is 0.182. The largest absolute Gasteiger partial charge is 0.240 e. The SMILES string of the molecule is N#CCc1nc(-c2cc(F)ccc2F)cs1. The zero-order chi connectivity index (χ0) is 11.5. The van der Waals surface area contributed by atoms with Crippen LogP contribution in [0.4, 0.5) is 8.78 Å². The molecule has 16 heavy (non-hydrogen) atoms. The maximum Gasteiger partial charge on any atom is 0.132 e. The van der Waals surface area contributed by atoms with Crippen LogP contribution in [0.5, 0.6) is 0 Å². The van der Waals surface area contributed by atoms with Crippen LogP contribution in [0.25, 0.3) is 11.3 Å². The van der Waals surface area contributed by atoms with Gasteiger partial charge in [0, 0.05) is 10.9 Å². The van der Waals surface area contributed by atoms with Gasteiger partial charge in [-0.2, -0.15) is 5.26 Å². The van der Waals surface area contributed by atoms with Gasteiger partial charge in [-0.25, -0.2) is 13.8 Å². The minimum atomic E-state index is -0.518. The van der Waals surface area contributed by atoms with Crippen LogP contribution in [0.2, 0.25) is 0 Å². The summed E-state index contributed by atoms with van der Waals surface area (Å²) >= 11 is 1.26. The van der Waals surface area contributed by atoms with Crippen molar-refractivity contribution >= 4 is 11.3 Å². The Morgan fingerprint density at radius 3 is 2.94 bits per heavy atom. The van der Waals surface area contributed by atoms with E-state index in [1.165, 1.54) is 11.3 Å². The predicted molar refractivity (Wildman–Crippen MR) is 56.8 cm³/mol. The average Bonchev–Trinajstić information content (AvgIpc) is 2.71. The Labute approximate surface area is 94.8 Å². The topological polar surface area (TPSA) is 36.7 Å². The third-order valence-corrected chi connectivity index (χ3v) is 2.84. The molecule has 0 spiro atoms. The first kappa shape index (κ1) is 10.7. The summed E-state index contributed by atoms with van der Waals surface area (Å²) in [5.74, 6) is -1.03. The van der Waals surface area contributed by atoms with E-state index >= 15 is 0 Å². The Balaban J connectivity index is 2.42. The molecule has 5 heteroatoms. The Morgan fingerprint density at radius 2 is 2.19 bits per heavy atom. The van der Waals surface area contributed by atoms with Crippen LogP contribution in [0.1, 0.15) is 5.01 Å². The van der Waals surface area contributed by atoms with Crippen molar-refractivity contribution in [3.63, 3.8) is 0 Å². The van der Waals surface area contributed by atoms with E-state index in [0.29, 0.717) is 10.7 Å². The predicted octanol–water partition coefficient (Wildman–Crippen LogP) is 3.15. The number of nitriles is 1. The van der Waals surface area contributed by atoms with Gasteiger partial charge < -0.3 is 0 Å². The number of hydrogen-bond donors (Lipinski definition) is 0. The second-order valence-corrected chi connectivity index (χ2v) is 4.03. The monoisotopic (exact) mass is 236 g/mol. The van der Waals surface area contributed by atoms with Crippen LogP contribution in [0.15, 0.2) is 23.6 Å². The number of thiazole rings is 1. The lowest BCUT2D eigenvalue weighted by Gasteiger charge is -1.98. The van der Waals surface area contributed by atoms with Gasteiger partial charge in [0.2, 0.25) is 0 Å². The maximum absolute atomic E-state index is 13.4. The zero-order valence-corrected chi connectivity index (χ0v) is 8.89. The number of rotatable bonds is 2. The molecule has 0 saturated heterocycles. The van der Waals surface area contributed by atoms with Crippen molar-refractivity contribution in [3.8, 4) is 17.3 Å². The van der Waals surface area contributed by atoms with Gasteiger partial charge in [-0.1, -0.05) is 0 Å². The van der Waals surface area contributed by atoms with Gasteiger partial charge in [-0.3, -0.25) is 0 Å². The van der Waals surface area contributed by atoms with Crippen molar-refractivity contribution < 1.29 is 8.78 Å². The molecule has 0 bridgehead atoms. The Hall–Kier alpha value is -1.80. The minimum Gasteiger partial charge on any atom is -0.240 e. The molecule has 0 aliphatic carbocycles. The zero-order valence-electron chi connectivity index (χ0n) is 8.08. The van der Waals surface area contributed by atoms with Crippen LogP contribution < -0.4 is 0 Å². The van der Waals surface area contributed by atoms with Crippen LogP contribution >= 0.6 is 11.3 Å². The molecule has 1 aromatic heterocycles. The fraction of sp³-hybridized carbons (Fsp3) is 0.0909. The molecule has 0 unspecified atom stereocenters. The lowest BCUT2D eigenvalue weighted by molar-refractivity contribution is 0.602. The normalized spacial score (nSPS) is 10.1. The van der Waals surface area contributed by atoms with Crippen molar-refractivity contribution in [1.82, 2.24) is 4.98 Å². The second kappa shape index (κ2) is 4.37. The maximum atomic E-state index is 13.4. The van der Waals surface area contributed by atoms with Gasteiger partial charge in [-0.05, 0) is 18.2 Å². The molecule has 2 nitrogen and oxygen atoms in total. The third-order valence-electron chi connectivity index (χ3n) is 1.99. The first-order chi connectivity index (χ1) is 7.70. The lowest BCUT2D eigenvalue weighted by Crippen LogP contribution is -1.87. The highest BCUT2D eigenvalue weighted by Gasteiger charge is 2.10. The molecule has 80 valence electrons. The van der Waals surface area contributed by atoms with E-state index in [2.05, 4.69) is 4.98 Å². The third kappa shape index (κ3) is 2.07. The van der Waals surface area contributed by atoms with E-state index in [1.807, 2.05) is 6.07 Å². The number of benzene rings is 1. The summed E-state index contributed by atoms with van der Waals surface area (Å²) < 4.78 is 26.3. The molecular weight excluding hydrogens is 230 g/mol. The number of hydrogen-bond acceptors (Lipinski definition) is 3. The average molecular weight is 236 g/mol. The molecule has 0 fully saturated rings. The van der Waals surface area contributed by atoms with Gasteiger partial charge in [0.05, 0.1) is 18.2 Å². The first-order valence-corrected chi connectivity index (χ1v) is 5.35. The first-order valence-electron chi connectivity index (χ1n) is 4.47. The van der Waals surface area contributed by atoms with Crippen molar-refractivity contribution in [3.05, 3.63) is 40.2 Å². The van der Waals surface area contributed by atoms with Gasteiger partial charge in [0.25, 0.3) is 0 Å². The molecule has 2 rings (SSSR count). The number of halogens is 2. The van der Waals surface area contributed by atoms with Gasteiger partial charge >= 0.3 is 0 Å². The smallest absolute Gasteiger partial charge is 0.132 e. The van der Waals surface area contributed by atoms with Crippen LogP contribution in [0, 0.1) is 23.0 Å². The lowest BCUT2D eigenvalue weighted by atomic mass is 10.1. The number of aromatic nitrogens is 1. The molecule has 0 saturated carbocycles. The highest BCUT2D eigenvalue weighted by molar-refractivity contribution is 7.10. The molecule has 0 aliphatic heterocycles. The van der Waals surface area contributed by atoms with Crippen molar-refractivity contribution in [2.45, 2.75) is 6.42 Å². The Kier molecular flexibility index (Phi) is 2.93. The molecule has 2 aromatic rings. The summed E-state index contributed by atoms with van der Waals surface area (Å²) in [5, 5.41) is 10.7. The van der Waals surface area contributed by atoms with Crippen molar-refractivity contribution in [1.29, 1.82) is 5.26 Å². The van der Waals surface area contributed by atoms with Crippen molar-refractivity contribution in [2.24, 2.45) is 0 Å². The summed E-state index contributed by atoms with van der Waals surface area (Å²) in [6, 6.07) is 5.17. The standard InChI is InChI=1S/C11H6F2N2S/c12-7-1-2-9(13)8(5-7)10-6-16-11(15-10)3-4-14/h1-2,5-6H,3H2. The number of nitrogens with zero attached hydrogens (tertiary/aromatic N) is 2. The summed E-state index contributed by atoms with van der Waals surface area (Å²) in [6.45, 7) is 0. The van der Waals surface area contributed by atoms with E-state index in [0.717, 1.165) is 18.2 Å². The Bertz CT molecular complexity index is 557. The summed E-state index contributed by atoms with van der Waals surface area (Å²) in [5.41, 5.74) is 0.493. The molecule has 0 radical (unpaired) electrons.